The van der Waals surface area contributed by atoms with Crippen LogP contribution in [0.5, 0.6) is 5.75 Å². The van der Waals surface area contributed by atoms with Gasteiger partial charge in [-0.2, -0.15) is 0 Å². The number of carbonyl (C=O) groups is 1. The highest BCUT2D eigenvalue weighted by molar-refractivity contribution is 5.82. The van der Waals surface area contributed by atoms with Gasteiger partial charge in [-0.15, -0.1) is 0 Å². The Balaban J connectivity index is 1.68. The highest BCUT2D eigenvalue weighted by Crippen LogP contribution is 2.12. The van der Waals surface area contributed by atoms with Gasteiger partial charge in [0.25, 0.3) is 0 Å². The minimum absolute atomic E-state index is 0.212. The molecule has 0 spiro atoms. The summed E-state index contributed by atoms with van der Waals surface area (Å²) in [6.45, 7) is 2.89. The minimum Gasteiger partial charge on any atom is -0.494 e. The molecule has 1 unspecified atom stereocenters. The van der Waals surface area contributed by atoms with E-state index in [1.807, 2.05) is 31.2 Å². The summed E-state index contributed by atoms with van der Waals surface area (Å²) >= 11 is 0. The Labute approximate surface area is 135 Å². The predicted octanol–water partition coefficient (Wildman–Crippen LogP) is 2.72. The summed E-state index contributed by atoms with van der Waals surface area (Å²) < 4.78 is 18.2. The molecule has 0 bridgehead atoms. The van der Waals surface area contributed by atoms with Crippen LogP contribution in [0.25, 0.3) is 0 Å². The van der Waals surface area contributed by atoms with E-state index in [2.05, 4.69) is 5.32 Å². The highest BCUT2D eigenvalue weighted by Gasteiger charge is 2.14. The number of hydrogen-bond acceptors (Lipinski definition) is 3. The Morgan fingerprint density at radius 2 is 1.83 bits per heavy atom. The molecular weight excluding hydrogens is 295 g/mol. The largest absolute Gasteiger partial charge is 0.494 e. The number of nitrogens with two attached hydrogens (primary N) is 1. The van der Waals surface area contributed by atoms with E-state index in [0.29, 0.717) is 25.3 Å². The van der Waals surface area contributed by atoms with E-state index < -0.39 is 6.04 Å². The van der Waals surface area contributed by atoms with E-state index in [4.69, 9.17) is 10.5 Å². The van der Waals surface area contributed by atoms with Crippen LogP contribution in [0.2, 0.25) is 0 Å². The van der Waals surface area contributed by atoms with E-state index in [-0.39, 0.29) is 11.7 Å². The van der Waals surface area contributed by atoms with Gasteiger partial charge < -0.3 is 15.8 Å². The molecule has 4 nitrogen and oxygen atoms in total. The molecule has 0 aromatic heterocycles. The highest BCUT2D eigenvalue weighted by atomic mass is 19.1. The second-order valence-electron chi connectivity index (χ2n) is 5.34. The van der Waals surface area contributed by atoms with Crippen molar-refractivity contribution in [3.63, 3.8) is 0 Å². The lowest BCUT2D eigenvalue weighted by atomic mass is 10.1. The van der Waals surface area contributed by atoms with Crippen LogP contribution in [0, 0.1) is 12.7 Å². The lowest BCUT2D eigenvalue weighted by Gasteiger charge is -2.13. The molecule has 0 radical (unpaired) electrons. The molecule has 1 atom stereocenters. The maximum Gasteiger partial charge on any atom is 0.241 e. The van der Waals surface area contributed by atoms with Gasteiger partial charge in [0.2, 0.25) is 5.91 Å². The first-order valence-electron chi connectivity index (χ1n) is 7.54. The summed E-state index contributed by atoms with van der Waals surface area (Å²) in [6, 6.07) is 12.7. The van der Waals surface area contributed by atoms with Crippen molar-refractivity contribution in [3.8, 4) is 5.75 Å². The molecule has 0 aliphatic carbocycles. The van der Waals surface area contributed by atoms with Crippen LogP contribution >= 0.6 is 0 Å². The third-order valence-electron chi connectivity index (χ3n) is 3.42. The summed E-state index contributed by atoms with van der Waals surface area (Å²) in [5.41, 5.74) is 7.84. The van der Waals surface area contributed by atoms with Gasteiger partial charge in [-0.1, -0.05) is 29.8 Å². The summed E-state index contributed by atoms with van der Waals surface area (Å²) in [7, 11) is 0. The molecule has 23 heavy (non-hydrogen) atoms. The summed E-state index contributed by atoms with van der Waals surface area (Å²) in [5.74, 6) is 0.0967. The fourth-order valence-corrected chi connectivity index (χ4v) is 2.04. The second kappa shape index (κ2) is 8.29. The van der Waals surface area contributed by atoms with Gasteiger partial charge in [-0.05, 0) is 43.2 Å². The van der Waals surface area contributed by atoms with Crippen LogP contribution in [0.4, 0.5) is 4.39 Å². The molecule has 0 heterocycles. The number of ether oxygens (including phenoxy) is 1. The van der Waals surface area contributed by atoms with Crippen LogP contribution in [0.3, 0.4) is 0 Å². The SMILES string of the molecule is Cc1ccc(C(N)C(=O)NCCCOc2ccc(F)cc2)cc1. The first-order chi connectivity index (χ1) is 11.1. The molecule has 2 aromatic carbocycles. The van der Waals surface area contributed by atoms with Crippen LogP contribution < -0.4 is 15.8 Å². The average Bonchev–Trinajstić information content (AvgIpc) is 2.56. The molecule has 2 aromatic rings. The quantitative estimate of drug-likeness (QED) is 0.772. The van der Waals surface area contributed by atoms with Crippen molar-refractivity contribution in [3.05, 3.63) is 65.5 Å². The van der Waals surface area contributed by atoms with E-state index in [0.717, 1.165) is 11.1 Å². The van der Waals surface area contributed by atoms with Gasteiger partial charge in [0.1, 0.15) is 17.6 Å². The normalized spacial score (nSPS) is 11.8. The topological polar surface area (TPSA) is 64.4 Å². The first kappa shape index (κ1) is 17.0. The summed E-state index contributed by atoms with van der Waals surface area (Å²) in [4.78, 5) is 12.0. The number of halogens is 1. The molecule has 0 saturated carbocycles. The average molecular weight is 316 g/mol. The fraction of sp³-hybridized carbons (Fsp3) is 0.278. The Morgan fingerprint density at radius 3 is 2.48 bits per heavy atom. The Morgan fingerprint density at radius 1 is 1.17 bits per heavy atom. The number of carbonyl (C=O) groups excluding carboxylic acids is 1. The Hall–Kier alpha value is -2.40. The molecule has 2 rings (SSSR count). The molecule has 1 amide bonds. The van der Waals surface area contributed by atoms with E-state index in [9.17, 15) is 9.18 Å². The van der Waals surface area contributed by atoms with Crippen molar-refractivity contribution in [2.75, 3.05) is 13.2 Å². The maximum absolute atomic E-state index is 12.7. The van der Waals surface area contributed by atoms with Crippen LogP contribution in [-0.2, 0) is 4.79 Å². The van der Waals surface area contributed by atoms with Crippen molar-refractivity contribution in [1.29, 1.82) is 0 Å². The zero-order valence-corrected chi connectivity index (χ0v) is 13.1. The van der Waals surface area contributed by atoms with Crippen molar-refractivity contribution >= 4 is 5.91 Å². The van der Waals surface area contributed by atoms with Crippen molar-refractivity contribution < 1.29 is 13.9 Å². The number of hydrogen-bond donors (Lipinski definition) is 2. The van der Waals surface area contributed by atoms with Gasteiger partial charge in [-0.25, -0.2) is 4.39 Å². The molecule has 3 N–H and O–H groups in total. The maximum atomic E-state index is 12.7. The zero-order valence-electron chi connectivity index (χ0n) is 13.1. The van der Waals surface area contributed by atoms with E-state index in [1.165, 1.54) is 12.1 Å². The lowest BCUT2D eigenvalue weighted by Crippen LogP contribution is -2.35. The fourth-order valence-electron chi connectivity index (χ4n) is 2.04. The summed E-state index contributed by atoms with van der Waals surface area (Å²) in [6.07, 6.45) is 0.643. The van der Waals surface area contributed by atoms with Crippen LogP contribution in [-0.4, -0.2) is 19.1 Å². The molecule has 5 heteroatoms. The monoisotopic (exact) mass is 316 g/mol. The van der Waals surface area contributed by atoms with Gasteiger partial charge >= 0.3 is 0 Å². The first-order valence-corrected chi connectivity index (χ1v) is 7.54. The van der Waals surface area contributed by atoms with E-state index >= 15 is 0 Å². The third kappa shape index (κ3) is 5.38. The minimum atomic E-state index is -0.673. The molecule has 0 aliphatic heterocycles. The molecule has 0 saturated heterocycles. The van der Waals surface area contributed by atoms with Gasteiger partial charge in [0, 0.05) is 6.54 Å². The third-order valence-corrected chi connectivity index (χ3v) is 3.42. The van der Waals surface area contributed by atoms with Crippen LogP contribution in [0.1, 0.15) is 23.6 Å². The Kier molecular flexibility index (Phi) is 6.11. The standard InChI is InChI=1S/C18H21FN2O2/c1-13-3-5-14(6-4-13)17(20)18(22)21-11-2-12-23-16-9-7-15(19)8-10-16/h3-10,17H,2,11-12,20H2,1H3,(H,21,22). The number of rotatable bonds is 7. The predicted molar refractivity (Wildman–Crippen MR) is 87.6 cm³/mol. The lowest BCUT2D eigenvalue weighted by molar-refractivity contribution is -0.122. The smallest absolute Gasteiger partial charge is 0.241 e. The number of benzene rings is 2. The number of nitrogens with one attached hydrogen (secondary N) is 1. The summed E-state index contributed by atoms with van der Waals surface area (Å²) in [5, 5.41) is 2.79. The van der Waals surface area contributed by atoms with Gasteiger partial charge in [-0.3, -0.25) is 4.79 Å². The van der Waals surface area contributed by atoms with Crippen molar-refractivity contribution in [2.24, 2.45) is 5.73 Å². The van der Waals surface area contributed by atoms with Gasteiger partial charge in [0.15, 0.2) is 0 Å². The van der Waals surface area contributed by atoms with Gasteiger partial charge in [0.05, 0.1) is 6.61 Å². The number of aryl methyl sites for hydroxylation is 1. The van der Waals surface area contributed by atoms with Crippen molar-refractivity contribution in [1.82, 2.24) is 5.32 Å². The number of amides is 1. The second-order valence-corrected chi connectivity index (χ2v) is 5.34. The van der Waals surface area contributed by atoms with Crippen LogP contribution in [0.15, 0.2) is 48.5 Å². The van der Waals surface area contributed by atoms with Crippen molar-refractivity contribution in [2.45, 2.75) is 19.4 Å². The molecule has 122 valence electrons. The molecular formula is C18H21FN2O2. The zero-order chi connectivity index (χ0) is 16.7. The molecule has 0 fully saturated rings. The molecule has 0 aliphatic rings. The van der Waals surface area contributed by atoms with E-state index in [1.54, 1.807) is 12.1 Å². The Bertz CT molecular complexity index is 626.